The number of carbonyl (C=O) groups is 1. The first-order valence-electron chi connectivity index (χ1n) is 6.06. The average molecular weight is 349 g/mol. The Hall–Kier alpha value is -2.28. The third-order valence-corrected chi connectivity index (χ3v) is 3.83. The summed E-state index contributed by atoms with van der Waals surface area (Å²) in [5.74, 6) is -0.448. The summed E-state index contributed by atoms with van der Waals surface area (Å²) in [7, 11) is 1.32. The third kappa shape index (κ3) is 2.19. The Morgan fingerprint density at radius 2 is 2.19 bits per heavy atom. The van der Waals surface area contributed by atoms with Crippen LogP contribution < -0.4 is 0 Å². The molecule has 0 aliphatic heterocycles. The topological polar surface area (TPSA) is 82.3 Å². The van der Waals surface area contributed by atoms with Crippen LogP contribution in [0.15, 0.2) is 28.9 Å². The van der Waals surface area contributed by atoms with E-state index in [1.54, 1.807) is 12.1 Å². The first-order chi connectivity index (χ1) is 10.0. The molecule has 0 N–H and O–H groups in total. The fourth-order valence-corrected chi connectivity index (χ4v) is 2.90. The highest BCUT2D eigenvalue weighted by atomic mass is 79.9. The van der Waals surface area contributed by atoms with Crippen LogP contribution >= 0.6 is 15.9 Å². The summed E-state index contributed by atoms with van der Waals surface area (Å²) in [6, 6.07) is 6.23. The maximum absolute atomic E-state index is 11.9. The number of non-ortho nitro benzene ring substituents is 1. The van der Waals surface area contributed by atoms with Gasteiger partial charge in [0.25, 0.3) is 5.69 Å². The lowest BCUT2D eigenvalue weighted by Gasteiger charge is -2.06. The molecule has 0 saturated heterocycles. The van der Waals surface area contributed by atoms with Crippen LogP contribution in [-0.4, -0.2) is 23.0 Å². The number of esters is 1. The van der Waals surface area contributed by atoms with E-state index in [4.69, 9.17) is 4.74 Å². The van der Waals surface area contributed by atoms with Gasteiger partial charge in [0.05, 0.1) is 23.3 Å². The molecule has 7 heteroatoms. The van der Waals surface area contributed by atoms with Gasteiger partial charge in [-0.25, -0.2) is 9.78 Å². The molecule has 3 rings (SSSR count). The van der Waals surface area contributed by atoms with Gasteiger partial charge in [0.2, 0.25) is 0 Å². The quantitative estimate of drug-likeness (QED) is 0.307. The van der Waals surface area contributed by atoms with Crippen molar-refractivity contribution >= 4 is 27.6 Å². The molecule has 0 amide bonds. The van der Waals surface area contributed by atoms with E-state index in [9.17, 15) is 14.9 Å². The number of aromatic nitrogens is 1. The third-order valence-electron chi connectivity index (χ3n) is 3.42. The smallest absolute Gasteiger partial charge is 0.338 e. The number of carbonyl (C=O) groups excluding carboxylic acids is 1. The maximum Gasteiger partial charge on any atom is 0.338 e. The fraction of sp³-hybridized carbons (Fsp3) is 0.143. The molecule has 0 atom stereocenters. The molecule has 0 fully saturated rings. The number of benzene rings is 1. The Morgan fingerprint density at radius 3 is 2.86 bits per heavy atom. The minimum atomic E-state index is -0.448. The summed E-state index contributed by atoms with van der Waals surface area (Å²) in [5.41, 5.74) is 3.45. The van der Waals surface area contributed by atoms with Crippen molar-refractivity contribution in [2.24, 2.45) is 0 Å². The molecule has 0 bridgehead atoms. The highest BCUT2D eigenvalue weighted by Crippen LogP contribution is 2.39. The lowest BCUT2D eigenvalue weighted by atomic mass is 10.1. The molecule has 0 spiro atoms. The molecule has 1 aromatic heterocycles. The van der Waals surface area contributed by atoms with E-state index >= 15 is 0 Å². The zero-order chi connectivity index (χ0) is 15.1. The van der Waals surface area contributed by atoms with Crippen molar-refractivity contribution < 1.29 is 14.5 Å². The van der Waals surface area contributed by atoms with Crippen LogP contribution in [0.2, 0.25) is 0 Å². The number of nitro groups is 1. The number of rotatable bonds is 2. The molecule has 106 valence electrons. The molecule has 0 unspecified atom stereocenters. The molecule has 1 heterocycles. The second kappa shape index (κ2) is 4.92. The van der Waals surface area contributed by atoms with Crippen LogP contribution in [0.3, 0.4) is 0 Å². The Labute approximate surface area is 128 Å². The molecule has 2 aromatic rings. The monoisotopic (exact) mass is 348 g/mol. The zero-order valence-corrected chi connectivity index (χ0v) is 12.5. The summed E-state index contributed by atoms with van der Waals surface area (Å²) in [6.45, 7) is 0. The average Bonchev–Trinajstić information content (AvgIpc) is 2.83. The molecule has 21 heavy (non-hydrogen) atoms. The van der Waals surface area contributed by atoms with E-state index in [2.05, 4.69) is 20.9 Å². The van der Waals surface area contributed by atoms with Gasteiger partial charge in [0.1, 0.15) is 4.60 Å². The maximum atomic E-state index is 11.9. The molecule has 1 aromatic carbocycles. The van der Waals surface area contributed by atoms with Crippen molar-refractivity contribution in [2.75, 3.05) is 7.11 Å². The van der Waals surface area contributed by atoms with E-state index in [0.717, 1.165) is 16.7 Å². The van der Waals surface area contributed by atoms with Crippen LogP contribution in [-0.2, 0) is 11.2 Å². The van der Waals surface area contributed by atoms with E-state index in [0.29, 0.717) is 22.3 Å². The van der Waals surface area contributed by atoms with Crippen molar-refractivity contribution in [3.63, 3.8) is 0 Å². The summed E-state index contributed by atoms with van der Waals surface area (Å²) in [5, 5.41) is 10.9. The van der Waals surface area contributed by atoms with Crippen molar-refractivity contribution in [3.8, 4) is 11.3 Å². The molecular formula is C14H9BrN2O4. The van der Waals surface area contributed by atoms with Gasteiger partial charge in [-0.3, -0.25) is 10.1 Å². The van der Waals surface area contributed by atoms with Crippen molar-refractivity contribution in [3.05, 3.63) is 55.7 Å². The number of methoxy groups -OCH3 is 1. The van der Waals surface area contributed by atoms with Gasteiger partial charge in [0, 0.05) is 24.1 Å². The van der Waals surface area contributed by atoms with E-state index in [-0.39, 0.29) is 5.69 Å². The number of pyridine rings is 1. The lowest BCUT2D eigenvalue weighted by molar-refractivity contribution is -0.384. The van der Waals surface area contributed by atoms with Gasteiger partial charge in [-0.2, -0.15) is 0 Å². The van der Waals surface area contributed by atoms with E-state index in [1.165, 1.54) is 19.2 Å². The SMILES string of the molecule is COC(=O)c1cc(Br)nc2c1Cc1cc([N+](=O)[O-])ccc1-2. The lowest BCUT2D eigenvalue weighted by Crippen LogP contribution is -2.06. The summed E-state index contributed by atoms with van der Waals surface area (Å²) < 4.78 is 5.30. The van der Waals surface area contributed by atoms with Gasteiger partial charge in [0.15, 0.2) is 0 Å². The predicted octanol–water partition coefficient (Wildman–Crippen LogP) is 3.11. The highest BCUT2D eigenvalue weighted by molar-refractivity contribution is 9.10. The van der Waals surface area contributed by atoms with Crippen LogP contribution in [0.4, 0.5) is 5.69 Å². The highest BCUT2D eigenvalue weighted by Gasteiger charge is 2.27. The van der Waals surface area contributed by atoms with Gasteiger partial charge >= 0.3 is 5.97 Å². The zero-order valence-electron chi connectivity index (χ0n) is 10.9. The standard InChI is InChI=1S/C14H9BrN2O4/c1-21-14(18)11-6-12(15)16-13-9-3-2-8(17(19)20)4-7(9)5-10(11)13/h2-4,6H,5H2,1H3. The van der Waals surface area contributed by atoms with Gasteiger partial charge in [-0.05, 0) is 39.2 Å². The second-order valence-corrected chi connectivity index (χ2v) is 5.40. The first kappa shape index (κ1) is 13.7. The van der Waals surface area contributed by atoms with Crippen LogP contribution in [0.25, 0.3) is 11.3 Å². The van der Waals surface area contributed by atoms with Crippen molar-refractivity contribution in [1.82, 2.24) is 4.98 Å². The Balaban J connectivity index is 2.19. The van der Waals surface area contributed by atoms with E-state index in [1.807, 2.05) is 0 Å². The predicted molar refractivity (Wildman–Crippen MR) is 78.2 cm³/mol. The Kier molecular flexibility index (Phi) is 3.21. The summed E-state index contributed by atoms with van der Waals surface area (Å²) >= 11 is 3.28. The Bertz CT molecular complexity index is 789. The molecule has 1 aliphatic rings. The molecule has 0 radical (unpaired) electrons. The van der Waals surface area contributed by atoms with E-state index < -0.39 is 10.9 Å². The first-order valence-corrected chi connectivity index (χ1v) is 6.86. The largest absolute Gasteiger partial charge is 0.465 e. The normalized spacial score (nSPS) is 11.7. The number of nitro benzene ring substituents is 1. The van der Waals surface area contributed by atoms with Crippen molar-refractivity contribution in [1.29, 1.82) is 0 Å². The number of nitrogens with zero attached hydrogens (tertiary/aromatic N) is 2. The van der Waals surface area contributed by atoms with Crippen molar-refractivity contribution in [2.45, 2.75) is 6.42 Å². The number of hydrogen-bond donors (Lipinski definition) is 0. The number of halogens is 1. The van der Waals surface area contributed by atoms with Gasteiger partial charge < -0.3 is 4.74 Å². The number of fused-ring (bicyclic) bond motifs is 3. The van der Waals surface area contributed by atoms with Crippen LogP contribution in [0, 0.1) is 10.1 Å². The fourth-order valence-electron chi connectivity index (χ4n) is 2.50. The summed E-state index contributed by atoms with van der Waals surface area (Å²) in [4.78, 5) is 26.7. The van der Waals surface area contributed by atoms with Gasteiger partial charge in [-0.15, -0.1) is 0 Å². The molecule has 6 nitrogen and oxygen atoms in total. The minimum absolute atomic E-state index is 0.0280. The minimum Gasteiger partial charge on any atom is -0.465 e. The van der Waals surface area contributed by atoms with Crippen LogP contribution in [0.1, 0.15) is 21.5 Å². The Morgan fingerprint density at radius 1 is 1.43 bits per heavy atom. The molecule has 1 aliphatic carbocycles. The van der Waals surface area contributed by atoms with Crippen LogP contribution in [0.5, 0.6) is 0 Å². The molecule has 0 saturated carbocycles. The number of hydrogen-bond acceptors (Lipinski definition) is 5. The number of ether oxygens (including phenoxy) is 1. The second-order valence-electron chi connectivity index (χ2n) is 4.59. The van der Waals surface area contributed by atoms with Gasteiger partial charge in [-0.1, -0.05) is 0 Å². The summed E-state index contributed by atoms with van der Waals surface area (Å²) in [6.07, 6.45) is 0.428. The molecular weight excluding hydrogens is 340 g/mol.